The molecule has 0 bridgehead atoms. The van der Waals surface area contributed by atoms with Gasteiger partial charge in [-0.1, -0.05) is 35.9 Å². The zero-order valence-corrected chi connectivity index (χ0v) is 11.0. The molecule has 1 atom stereocenters. The predicted molar refractivity (Wildman–Crippen MR) is 75.1 cm³/mol. The van der Waals surface area contributed by atoms with E-state index >= 15 is 0 Å². The summed E-state index contributed by atoms with van der Waals surface area (Å²) < 4.78 is 0. The molecular formula is C15H13ClN2O. The van der Waals surface area contributed by atoms with Crippen LogP contribution in [0.5, 0.6) is 0 Å². The molecule has 96 valence electrons. The van der Waals surface area contributed by atoms with Crippen LogP contribution in [0.15, 0.2) is 42.7 Å². The zero-order valence-electron chi connectivity index (χ0n) is 10.3. The molecule has 0 radical (unpaired) electrons. The van der Waals surface area contributed by atoms with Gasteiger partial charge < -0.3 is 5.32 Å². The molecule has 0 aliphatic carbocycles. The molecule has 19 heavy (non-hydrogen) atoms. The number of amides is 1. The minimum absolute atomic E-state index is 0.123. The largest absolute Gasteiger partial charge is 0.355 e. The Morgan fingerprint density at radius 1 is 1.32 bits per heavy atom. The molecule has 1 N–H and O–H groups in total. The van der Waals surface area contributed by atoms with Gasteiger partial charge >= 0.3 is 0 Å². The van der Waals surface area contributed by atoms with E-state index in [4.69, 9.17) is 11.6 Å². The number of carbonyl (C=O) groups excluding carboxylic acids is 1. The Bertz CT molecular complexity index is 627. The number of halogens is 1. The average Bonchev–Trinajstić information content (AvgIpc) is 2.86. The van der Waals surface area contributed by atoms with Gasteiger partial charge in [-0.25, -0.2) is 0 Å². The van der Waals surface area contributed by atoms with Gasteiger partial charge in [-0.3, -0.25) is 9.78 Å². The number of hydrogen-bond acceptors (Lipinski definition) is 2. The lowest BCUT2D eigenvalue weighted by molar-refractivity contribution is -0.119. The van der Waals surface area contributed by atoms with Crippen LogP contribution >= 0.6 is 11.6 Å². The van der Waals surface area contributed by atoms with E-state index in [0.29, 0.717) is 18.0 Å². The van der Waals surface area contributed by atoms with Crippen LogP contribution in [0.3, 0.4) is 0 Å². The fourth-order valence-electron chi connectivity index (χ4n) is 2.41. The number of pyridine rings is 1. The molecule has 1 aromatic carbocycles. The van der Waals surface area contributed by atoms with Crippen LogP contribution in [0.25, 0.3) is 11.1 Å². The first kappa shape index (κ1) is 12.2. The maximum atomic E-state index is 11.3. The molecule has 1 amide bonds. The number of nitrogens with zero attached hydrogens (tertiary/aromatic N) is 1. The molecule has 3 rings (SSSR count). The number of nitrogens with one attached hydrogen (secondary N) is 1. The smallest absolute Gasteiger partial charge is 0.220 e. The second-order valence-electron chi connectivity index (χ2n) is 4.69. The van der Waals surface area contributed by atoms with Gasteiger partial charge in [-0.2, -0.15) is 0 Å². The molecule has 2 heterocycles. The zero-order chi connectivity index (χ0) is 13.2. The van der Waals surface area contributed by atoms with Crippen molar-refractivity contribution < 1.29 is 4.79 Å². The number of aromatic nitrogens is 1. The van der Waals surface area contributed by atoms with Crippen molar-refractivity contribution in [2.45, 2.75) is 12.3 Å². The summed E-state index contributed by atoms with van der Waals surface area (Å²) in [6.45, 7) is 0.715. The summed E-state index contributed by atoms with van der Waals surface area (Å²) in [7, 11) is 0. The number of rotatable bonds is 2. The van der Waals surface area contributed by atoms with E-state index in [2.05, 4.69) is 22.4 Å². The second-order valence-corrected chi connectivity index (χ2v) is 5.09. The summed E-state index contributed by atoms with van der Waals surface area (Å²) in [6.07, 6.45) is 3.94. The summed E-state index contributed by atoms with van der Waals surface area (Å²) in [5, 5.41) is 3.50. The third kappa shape index (κ3) is 2.47. The van der Waals surface area contributed by atoms with Crippen molar-refractivity contribution in [3.05, 3.63) is 53.3 Å². The second kappa shape index (κ2) is 5.02. The minimum atomic E-state index is 0.123. The molecule has 1 saturated heterocycles. The van der Waals surface area contributed by atoms with Gasteiger partial charge in [0.15, 0.2) is 0 Å². The van der Waals surface area contributed by atoms with Gasteiger partial charge in [-0.05, 0) is 17.2 Å². The van der Waals surface area contributed by atoms with Crippen LogP contribution in [-0.2, 0) is 4.79 Å². The van der Waals surface area contributed by atoms with Gasteiger partial charge in [-0.15, -0.1) is 0 Å². The Balaban J connectivity index is 1.96. The van der Waals surface area contributed by atoms with Crippen molar-refractivity contribution >= 4 is 17.5 Å². The first-order valence-electron chi connectivity index (χ1n) is 6.20. The quantitative estimate of drug-likeness (QED) is 0.913. The number of benzene rings is 1. The molecule has 3 nitrogen and oxygen atoms in total. The number of carbonyl (C=O) groups is 1. The maximum absolute atomic E-state index is 11.3. The lowest BCUT2D eigenvalue weighted by Crippen LogP contribution is -2.13. The Hall–Kier alpha value is -1.87. The third-order valence-electron chi connectivity index (χ3n) is 3.42. The Morgan fingerprint density at radius 2 is 2.21 bits per heavy atom. The van der Waals surface area contributed by atoms with Crippen LogP contribution in [0.1, 0.15) is 17.9 Å². The third-order valence-corrected chi connectivity index (χ3v) is 3.72. The summed E-state index contributed by atoms with van der Waals surface area (Å²) in [6, 6.07) is 10.1. The van der Waals surface area contributed by atoms with Crippen molar-refractivity contribution in [3.63, 3.8) is 0 Å². The van der Waals surface area contributed by atoms with Crippen molar-refractivity contribution in [3.8, 4) is 11.1 Å². The fraction of sp³-hybridized carbons (Fsp3) is 0.200. The lowest BCUT2D eigenvalue weighted by Gasteiger charge is -2.10. The highest BCUT2D eigenvalue weighted by atomic mass is 35.5. The van der Waals surface area contributed by atoms with Gasteiger partial charge in [0.05, 0.1) is 5.02 Å². The van der Waals surface area contributed by atoms with E-state index in [9.17, 15) is 4.79 Å². The first-order chi connectivity index (χ1) is 9.24. The van der Waals surface area contributed by atoms with Gasteiger partial charge in [0.25, 0.3) is 0 Å². The number of hydrogen-bond donors (Lipinski definition) is 1. The molecule has 2 aromatic rings. The van der Waals surface area contributed by atoms with E-state index in [0.717, 1.165) is 11.1 Å². The standard InChI is InChI=1S/C15H13ClN2O/c16-14-9-17-5-4-13(14)11-3-1-2-10(6-11)12-7-15(19)18-8-12/h1-6,9,12H,7-8H2,(H,18,19). The molecular weight excluding hydrogens is 260 g/mol. The molecule has 1 aromatic heterocycles. The highest BCUT2D eigenvalue weighted by Gasteiger charge is 2.23. The van der Waals surface area contributed by atoms with E-state index < -0.39 is 0 Å². The SMILES string of the molecule is O=C1CC(c2cccc(-c3ccncc3Cl)c2)CN1. The van der Waals surface area contributed by atoms with E-state index in [1.165, 1.54) is 5.56 Å². The topological polar surface area (TPSA) is 42.0 Å². The van der Waals surface area contributed by atoms with Crippen LogP contribution < -0.4 is 5.32 Å². The highest BCUT2D eigenvalue weighted by Crippen LogP contribution is 2.30. The van der Waals surface area contributed by atoms with E-state index in [1.54, 1.807) is 12.4 Å². The summed E-state index contributed by atoms with van der Waals surface area (Å²) in [4.78, 5) is 15.3. The minimum Gasteiger partial charge on any atom is -0.355 e. The van der Waals surface area contributed by atoms with Crippen LogP contribution in [0.4, 0.5) is 0 Å². The molecule has 4 heteroatoms. The molecule has 1 aliphatic rings. The summed E-state index contributed by atoms with van der Waals surface area (Å²) >= 11 is 6.16. The van der Waals surface area contributed by atoms with Crippen LogP contribution in [-0.4, -0.2) is 17.4 Å². The maximum Gasteiger partial charge on any atom is 0.220 e. The first-order valence-corrected chi connectivity index (χ1v) is 6.58. The van der Waals surface area contributed by atoms with E-state index in [-0.39, 0.29) is 11.8 Å². The van der Waals surface area contributed by atoms with Crippen LogP contribution in [0, 0.1) is 0 Å². The summed E-state index contributed by atoms with van der Waals surface area (Å²) in [5.41, 5.74) is 3.20. The van der Waals surface area contributed by atoms with Crippen molar-refractivity contribution in [1.82, 2.24) is 10.3 Å². The van der Waals surface area contributed by atoms with Gasteiger partial charge in [0, 0.05) is 36.8 Å². The van der Waals surface area contributed by atoms with E-state index in [1.807, 2.05) is 18.2 Å². The molecule has 0 spiro atoms. The Kier molecular flexibility index (Phi) is 3.22. The summed E-state index contributed by atoms with van der Waals surface area (Å²) in [5.74, 6) is 0.380. The predicted octanol–water partition coefficient (Wildman–Crippen LogP) is 3.01. The lowest BCUT2D eigenvalue weighted by atomic mass is 9.94. The molecule has 1 unspecified atom stereocenters. The normalized spacial score (nSPS) is 18.4. The van der Waals surface area contributed by atoms with Gasteiger partial charge in [0.2, 0.25) is 5.91 Å². The van der Waals surface area contributed by atoms with Crippen molar-refractivity contribution in [2.75, 3.05) is 6.54 Å². The van der Waals surface area contributed by atoms with Crippen molar-refractivity contribution in [2.24, 2.45) is 0 Å². The molecule has 0 saturated carbocycles. The van der Waals surface area contributed by atoms with Crippen LogP contribution in [0.2, 0.25) is 5.02 Å². The van der Waals surface area contributed by atoms with Crippen molar-refractivity contribution in [1.29, 1.82) is 0 Å². The fourth-order valence-corrected chi connectivity index (χ4v) is 2.64. The van der Waals surface area contributed by atoms with Gasteiger partial charge in [0.1, 0.15) is 0 Å². The average molecular weight is 273 g/mol. The monoisotopic (exact) mass is 272 g/mol. The highest BCUT2D eigenvalue weighted by molar-refractivity contribution is 6.33. The Morgan fingerprint density at radius 3 is 2.95 bits per heavy atom. The molecule has 1 fully saturated rings. The molecule has 1 aliphatic heterocycles. The Labute approximate surface area is 116 Å².